The number of piperidine rings is 1. The minimum absolute atomic E-state index is 0.0628. The van der Waals surface area contributed by atoms with E-state index in [1.165, 1.54) is 24.3 Å². The second-order valence-corrected chi connectivity index (χ2v) is 12.5. The van der Waals surface area contributed by atoms with Gasteiger partial charge in [0, 0.05) is 18.2 Å². The van der Waals surface area contributed by atoms with Gasteiger partial charge in [0.25, 0.3) is 11.8 Å². The minimum atomic E-state index is -0.901. The summed E-state index contributed by atoms with van der Waals surface area (Å²) in [5.74, 6) is -0.428. The monoisotopic (exact) mass is 576 g/mol. The Kier molecular flexibility index (Phi) is 7.26. The van der Waals surface area contributed by atoms with Crippen LogP contribution >= 0.6 is 0 Å². The Morgan fingerprint density at radius 1 is 1.10 bits per heavy atom. The Morgan fingerprint density at radius 2 is 1.79 bits per heavy atom. The number of hydrogen-bond acceptors (Lipinski definition) is 6. The van der Waals surface area contributed by atoms with Crippen LogP contribution in [0.2, 0.25) is 0 Å². The highest BCUT2D eigenvalue weighted by Gasteiger charge is 2.48. The summed E-state index contributed by atoms with van der Waals surface area (Å²) in [6, 6.07) is 11.0. The van der Waals surface area contributed by atoms with Gasteiger partial charge in [-0.15, -0.1) is 0 Å². The van der Waals surface area contributed by atoms with E-state index in [0.717, 1.165) is 49.1 Å². The van der Waals surface area contributed by atoms with Crippen LogP contribution in [0.3, 0.4) is 0 Å². The molecule has 42 heavy (non-hydrogen) atoms. The number of imide groups is 1. The average Bonchev–Trinajstić information content (AvgIpc) is 3.44. The molecule has 2 saturated heterocycles. The second-order valence-electron chi connectivity index (χ2n) is 12.5. The van der Waals surface area contributed by atoms with Gasteiger partial charge < -0.3 is 15.0 Å². The fourth-order valence-electron chi connectivity index (χ4n) is 6.76. The minimum Gasteiger partial charge on any atom is -0.390 e. The van der Waals surface area contributed by atoms with E-state index in [4.69, 9.17) is 4.98 Å². The lowest BCUT2D eigenvalue weighted by Crippen LogP contribution is -2.49. The van der Waals surface area contributed by atoms with E-state index < -0.39 is 28.9 Å². The zero-order valence-corrected chi connectivity index (χ0v) is 24.0. The number of aliphatic hydroxyl groups is 1. The van der Waals surface area contributed by atoms with Crippen LogP contribution in [-0.2, 0) is 11.3 Å². The molecular weight excluding hydrogens is 539 g/mol. The number of imidazole rings is 1. The molecule has 3 heterocycles. The van der Waals surface area contributed by atoms with Gasteiger partial charge in [-0.25, -0.2) is 14.2 Å². The number of nitrogens with one attached hydrogen (secondary N) is 3. The highest BCUT2D eigenvalue weighted by molar-refractivity contribution is 6.07. The van der Waals surface area contributed by atoms with Gasteiger partial charge in [-0.3, -0.25) is 25.1 Å². The van der Waals surface area contributed by atoms with Gasteiger partial charge >= 0.3 is 6.03 Å². The summed E-state index contributed by atoms with van der Waals surface area (Å²) in [7, 11) is 0. The third-order valence-electron chi connectivity index (χ3n) is 9.27. The molecule has 0 atom stereocenters. The molecule has 0 unspecified atom stereocenters. The van der Waals surface area contributed by atoms with E-state index in [9.17, 15) is 23.9 Å². The molecule has 2 aliphatic heterocycles. The lowest BCUT2D eigenvalue weighted by Gasteiger charge is -2.37. The fraction of sp³-hybridized carbons (Fsp3) is 0.484. The van der Waals surface area contributed by atoms with Crippen LogP contribution in [0.4, 0.5) is 15.1 Å². The molecule has 3 aliphatic rings. The van der Waals surface area contributed by atoms with Crippen LogP contribution in [0.15, 0.2) is 42.5 Å². The third kappa shape index (κ3) is 5.50. The van der Waals surface area contributed by atoms with Crippen molar-refractivity contribution in [1.82, 2.24) is 25.1 Å². The fourth-order valence-corrected chi connectivity index (χ4v) is 6.76. The standard InChI is InChI=1S/C31H37FN6O4/c1-30(2,42)21-11-15-37(16-12-21)18-19-3-8-24-25(17-19)38(23-9-13-31(14-10-23)27(40)35-29(41)36-31)28(33-24)34-26(39)20-4-6-22(32)7-5-20/h3-8,17,21,23,42H,9-16,18H2,1-2H3,(H,33,34,39)(H2,35,36,40,41). The van der Waals surface area contributed by atoms with E-state index in [1.54, 1.807) is 0 Å². The number of urea groups is 1. The topological polar surface area (TPSA) is 129 Å². The zero-order valence-electron chi connectivity index (χ0n) is 24.0. The Hall–Kier alpha value is -3.83. The first-order chi connectivity index (χ1) is 20.0. The smallest absolute Gasteiger partial charge is 0.322 e. The molecule has 3 aromatic rings. The molecule has 0 bridgehead atoms. The molecule has 1 saturated carbocycles. The number of anilines is 1. The summed E-state index contributed by atoms with van der Waals surface area (Å²) < 4.78 is 15.5. The largest absolute Gasteiger partial charge is 0.390 e. The van der Waals surface area contributed by atoms with E-state index >= 15 is 0 Å². The van der Waals surface area contributed by atoms with E-state index in [-0.39, 0.29) is 17.9 Å². The molecule has 2 aromatic carbocycles. The molecule has 0 radical (unpaired) electrons. The summed E-state index contributed by atoms with van der Waals surface area (Å²) in [4.78, 5) is 44.7. The number of likely N-dealkylation sites (tertiary alicyclic amines) is 1. The van der Waals surface area contributed by atoms with E-state index in [0.29, 0.717) is 37.2 Å². The number of carbonyl (C=O) groups excluding carboxylic acids is 3. The van der Waals surface area contributed by atoms with Crippen molar-refractivity contribution in [3.63, 3.8) is 0 Å². The number of amides is 4. The Labute approximate surface area is 243 Å². The van der Waals surface area contributed by atoms with Gasteiger partial charge in [-0.05, 0) is 113 Å². The first kappa shape index (κ1) is 28.3. The molecule has 4 amide bonds. The maximum absolute atomic E-state index is 13.5. The van der Waals surface area contributed by atoms with Crippen molar-refractivity contribution in [2.24, 2.45) is 5.92 Å². The first-order valence-corrected chi connectivity index (χ1v) is 14.7. The van der Waals surface area contributed by atoms with Gasteiger partial charge in [0.2, 0.25) is 5.95 Å². The summed E-state index contributed by atoms with van der Waals surface area (Å²) in [5.41, 5.74) is 1.49. The van der Waals surface area contributed by atoms with Crippen LogP contribution in [-0.4, -0.2) is 61.6 Å². The molecule has 10 nitrogen and oxygen atoms in total. The van der Waals surface area contributed by atoms with Crippen molar-refractivity contribution in [2.75, 3.05) is 18.4 Å². The third-order valence-corrected chi connectivity index (χ3v) is 9.27. The van der Waals surface area contributed by atoms with E-state index in [2.05, 4.69) is 33.0 Å². The molecule has 222 valence electrons. The first-order valence-electron chi connectivity index (χ1n) is 14.7. The molecule has 6 rings (SSSR count). The summed E-state index contributed by atoms with van der Waals surface area (Å²) >= 11 is 0. The highest BCUT2D eigenvalue weighted by atomic mass is 19.1. The molecule has 11 heteroatoms. The Morgan fingerprint density at radius 3 is 2.40 bits per heavy atom. The van der Waals surface area contributed by atoms with Crippen LogP contribution in [0.25, 0.3) is 11.0 Å². The normalized spacial score (nSPS) is 23.8. The van der Waals surface area contributed by atoms with Crippen molar-refractivity contribution in [2.45, 2.75) is 76.1 Å². The number of halogens is 1. The molecular formula is C31H37FN6O4. The average molecular weight is 577 g/mol. The summed E-state index contributed by atoms with van der Waals surface area (Å²) in [6.07, 6.45) is 4.03. The quantitative estimate of drug-likeness (QED) is 0.327. The Bertz CT molecular complexity index is 1510. The number of nitrogens with zero attached hydrogens (tertiary/aromatic N) is 3. The predicted octanol–water partition coefficient (Wildman–Crippen LogP) is 4.10. The highest BCUT2D eigenvalue weighted by Crippen LogP contribution is 2.40. The van der Waals surface area contributed by atoms with Crippen molar-refractivity contribution in [3.05, 3.63) is 59.4 Å². The molecule has 4 N–H and O–H groups in total. The lowest BCUT2D eigenvalue weighted by molar-refractivity contribution is -0.125. The molecule has 1 aliphatic carbocycles. The molecule has 3 fully saturated rings. The number of carbonyl (C=O) groups is 3. The van der Waals surface area contributed by atoms with Gasteiger partial charge in [0.1, 0.15) is 11.4 Å². The van der Waals surface area contributed by atoms with Crippen molar-refractivity contribution in [1.29, 1.82) is 0 Å². The second kappa shape index (κ2) is 10.8. The van der Waals surface area contributed by atoms with Gasteiger partial charge in [0.15, 0.2) is 0 Å². The Balaban J connectivity index is 1.28. The maximum atomic E-state index is 13.5. The van der Waals surface area contributed by atoms with Crippen molar-refractivity contribution >= 4 is 34.8 Å². The molecule has 1 aromatic heterocycles. The van der Waals surface area contributed by atoms with Gasteiger partial charge in [0.05, 0.1) is 16.6 Å². The van der Waals surface area contributed by atoms with Crippen molar-refractivity contribution < 1.29 is 23.9 Å². The summed E-state index contributed by atoms with van der Waals surface area (Å²) in [6.45, 7) is 6.34. The van der Waals surface area contributed by atoms with Crippen LogP contribution in [0.5, 0.6) is 0 Å². The van der Waals surface area contributed by atoms with Crippen LogP contribution in [0.1, 0.15) is 74.3 Å². The number of benzene rings is 2. The van der Waals surface area contributed by atoms with Crippen LogP contribution < -0.4 is 16.0 Å². The molecule has 1 spiro atoms. The van der Waals surface area contributed by atoms with Gasteiger partial charge in [-0.1, -0.05) is 6.07 Å². The maximum Gasteiger partial charge on any atom is 0.322 e. The summed E-state index contributed by atoms with van der Waals surface area (Å²) in [5, 5.41) is 18.5. The SMILES string of the molecule is CC(C)(O)C1CCN(Cc2ccc3nc(NC(=O)c4ccc(F)cc4)n(C4CCC5(CC4)NC(=O)NC5=O)c3c2)CC1. The number of rotatable bonds is 6. The van der Waals surface area contributed by atoms with E-state index in [1.807, 2.05) is 24.5 Å². The van der Waals surface area contributed by atoms with Crippen LogP contribution in [0, 0.1) is 11.7 Å². The van der Waals surface area contributed by atoms with Crippen molar-refractivity contribution in [3.8, 4) is 0 Å². The lowest BCUT2D eigenvalue weighted by atomic mass is 9.79. The number of aromatic nitrogens is 2. The predicted molar refractivity (Wildman–Crippen MR) is 155 cm³/mol. The number of hydrogen-bond donors (Lipinski definition) is 4. The number of fused-ring (bicyclic) bond motifs is 1. The van der Waals surface area contributed by atoms with Gasteiger partial charge in [-0.2, -0.15) is 0 Å². The zero-order chi connectivity index (χ0) is 29.6.